The smallest absolute Gasteiger partial charge is 0.293 e. The quantitative estimate of drug-likeness (QED) is 0.619. The van der Waals surface area contributed by atoms with Crippen LogP contribution >= 0.6 is 11.6 Å². The van der Waals surface area contributed by atoms with E-state index in [4.69, 9.17) is 16.3 Å². The number of halogens is 1. The maximum absolute atomic E-state index is 12.6. The van der Waals surface area contributed by atoms with E-state index < -0.39 is 4.92 Å². The van der Waals surface area contributed by atoms with Crippen LogP contribution in [0.3, 0.4) is 0 Å². The normalized spacial score (nSPS) is 15.3. The van der Waals surface area contributed by atoms with Gasteiger partial charge in [-0.05, 0) is 36.8 Å². The van der Waals surface area contributed by atoms with Crippen molar-refractivity contribution in [2.24, 2.45) is 0 Å². The van der Waals surface area contributed by atoms with E-state index in [0.717, 1.165) is 5.56 Å². The zero-order valence-electron chi connectivity index (χ0n) is 14.9. The summed E-state index contributed by atoms with van der Waals surface area (Å²) in [5, 5.41) is 15.3. The molecule has 1 amide bonds. The molecule has 1 heterocycles. The number of nitrogens with zero attached hydrogens (tertiary/aromatic N) is 2. The van der Waals surface area contributed by atoms with Crippen molar-refractivity contribution in [1.82, 2.24) is 4.90 Å². The van der Waals surface area contributed by atoms with Crippen LogP contribution in [-0.2, 0) is 4.74 Å². The van der Waals surface area contributed by atoms with Gasteiger partial charge in [-0.3, -0.25) is 14.9 Å². The lowest BCUT2D eigenvalue weighted by Crippen LogP contribution is -2.40. The topological polar surface area (TPSA) is 84.7 Å². The van der Waals surface area contributed by atoms with Gasteiger partial charge in [0.25, 0.3) is 11.6 Å². The van der Waals surface area contributed by atoms with Crippen molar-refractivity contribution >= 4 is 28.9 Å². The summed E-state index contributed by atoms with van der Waals surface area (Å²) >= 11 is 5.90. The number of hydrogen-bond donors (Lipinski definition) is 1. The second kappa shape index (κ2) is 8.37. The first-order valence-corrected chi connectivity index (χ1v) is 9.01. The van der Waals surface area contributed by atoms with Gasteiger partial charge in [-0.15, -0.1) is 0 Å². The summed E-state index contributed by atoms with van der Waals surface area (Å²) in [5.74, 6) is -0.223. The van der Waals surface area contributed by atoms with Gasteiger partial charge in [0.05, 0.1) is 18.1 Å². The molecular weight excluding hydrogens is 370 g/mol. The SMILES string of the molecule is CC(Nc1ccc(C(=O)N2CCOCC2)cc1[N+](=O)[O-])c1ccc(Cl)cc1. The third kappa shape index (κ3) is 4.56. The molecule has 142 valence electrons. The molecule has 1 N–H and O–H groups in total. The third-order valence-electron chi connectivity index (χ3n) is 4.48. The molecule has 1 aliphatic heterocycles. The summed E-state index contributed by atoms with van der Waals surface area (Å²) in [6, 6.07) is 11.6. The first-order chi connectivity index (χ1) is 13.0. The second-order valence-electron chi connectivity index (χ2n) is 6.31. The Morgan fingerprint density at radius 2 is 1.89 bits per heavy atom. The number of nitro benzene ring substituents is 1. The van der Waals surface area contributed by atoms with Gasteiger partial charge in [-0.1, -0.05) is 23.7 Å². The van der Waals surface area contributed by atoms with Crippen LogP contribution < -0.4 is 5.32 Å². The number of anilines is 1. The molecule has 1 atom stereocenters. The van der Waals surface area contributed by atoms with Crippen LogP contribution in [0.2, 0.25) is 5.02 Å². The largest absolute Gasteiger partial charge is 0.378 e. The van der Waals surface area contributed by atoms with Crippen molar-refractivity contribution in [3.05, 3.63) is 68.7 Å². The number of nitro groups is 1. The first kappa shape index (κ1) is 19.1. The fourth-order valence-corrected chi connectivity index (χ4v) is 3.08. The molecule has 1 unspecified atom stereocenters. The molecule has 1 saturated heterocycles. The average Bonchev–Trinajstić information content (AvgIpc) is 2.68. The van der Waals surface area contributed by atoms with E-state index in [1.54, 1.807) is 29.2 Å². The Balaban J connectivity index is 1.82. The monoisotopic (exact) mass is 389 g/mol. The minimum atomic E-state index is -0.479. The molecule has 2 aromatic carbocycles. The van der Waals surface area contributed by atoms with E-state index in [2.05, 4.69) is 5.32 Å². The van der Waals surface area contributed by atoms with Crippen LogP contribution in [0.4, 0.5) is 11.4 Å². The Hall–Kier alpha value is -2.64. The van der Waals surface area contributed by atoms with Crippen molar-refractivity contribution in [3.8, 4) is 0 Å². The maximum atomic E-state index is 12.6. The number of morpholine rings is 1. The predicted molar refractivity (Wildman–Crippen MR) is 103 cm³/mol. The fourth-order valence-electron chi connectivity index (χ4n) is 2.95. The van der Waals surface area contributed by atoms with Crippen molar-refractivity contribution in [2.45, 2.75) is 13.0 Å². The van der Waals surface area contributed by atoms with Crippen molar-refractivity contribution in [1.29, 1.82) is 0 Å². The molecular formula is C19H20ClN3O4. The number of hydrogen-bond acceptors (Lipinski definition) is 5. The lowest BCUT2D eigenvalue weighted by atomic mass is 10.1. The molecule has 2 aromatic rings. The summed E-state index contributed by atoms with van der Waals surface area (Å²) in [4.78, 5) is 25.3. The van der Waals surface area contributed by atoms with Crippen LogP contribution in [0.15, 0.2) is 42.5 Å². The summed E-state index contributed by atoms with van der Waals surface area (Å²) in [6.07, 6.45) is 0. The van der Waals surface area contributed by atoms with Gasteiger partial charge in [0.2, 0.25) is 0 Å². The van der Waals surface area contributed by atoms with E-state index in [1.165, 1.54) is 6.07 Å². The highest BCUT2D eigenvalue weighted by molar-refractivity contribution is 6.30. The third-order valence-corrected chi connectivity index (χ3v) is 4.73. The Kier molecular flexibility index (Phi) is 5.93. The van der Waals surface area contributed by atoms with Gasteiger partial charge in [-0.25, -0.2) is 0 Å². The highest BCUT2D eigenvalue weighted by Crippen LogP contribution is 2.30. The lowest BCUT2D eigenvalue weighted by molar-refractivity contribution is -0.384. The van der Waals surface area contributed by atoms with E-state index in [0.29, 0.717) is 42.6 Å². The molecule has 0 saturated carbocycles. The van der Waals surface area contributed by atoms with Crippen LogP contribution in [-0.4, -0.2) is 42.0 Å². The molecule has 0 radical (unpaired) electrons. The molecule has 1 aliphatic rings. The molecule has 3 rings (SSSR count). The van der Waals surface area contributed by atoms with Gasteiger partial charge in [0, 0.05) is 35.8 Å². The summed E-state index contributed by atoms with van der Waals surface area (Å²) in [7, 11) is 0. The number of benzene rings is 2. The highest BCUT2D eigenvalue weighted by Gasteiger charge is 2.23. The van der Waals surface area contributed by atoms with Gasteiger partial charge in [0.15, 0.2) is 0 Å². The Morgan fingerprint density at radius 1 is 1.22 bits per heavy atom. The number of ether oxygens (including phenoxy) is 1. The minimum absolute atomic E-state index is 0.130. The minimum Gasteiger partial charge on any atom is -0.378 e. The zero-order chi connectivity index (χ0) is 19.4. The lowest BCUT2D eigenvalue weighted by Gasteiger charge is -2.27. The molecule has 8 heteroatoms. The average molecular weight is 390 g/mol. The van der Waals surface area contributed by atoms with Gasteiger partial charge < -0.3 is 15.0 Å². The molecule has 0 aromatic heterocycles. The maximum Gasteiger partial charge on any atom is 0.293 e. The van der Waals surface area contributed by atoms with Crippen molar-refractivity contribution < 1.29 is 14.5 Å². The Labute approximate surface area is 162 Å². The molecule has 7 nitrogen and oxygen atoms in total. The molecule has 1 fully saturated rings. The molecule has 0 bridgehead atoms. The fraction of sp³-hybridized carbons (Fsp3) is 0.316. The summed E-state index contributed by atoms with van der Waals surface area (Å²) in [5.41, 5.74) is 1.48. The zero-order valence-corrected chi connectivity index (χ0v) is 15.6. The number of carbonyl (C=O) groups excluding carboxylic acids is 1. The van der Waals surface area contributed by atoms with Crippen LogP contribution in [0.25, 0.3) is 0 Å². The van der Waals surface area contributed by atoms with Crippen LogP contribution in [0.1, 0.15) is 28.9 Å². The van der Waals surface area contributed by atoms with Crippen LogP contribution in [0, 0.1) is 10.1 Å². The summed E-state index contributed by atoms with van der Waals surface area (Å²) < 4.78 is 5.24. The van der Waals surface area contributed by atoms with Crippen molar-refractivity contribution in [3.63, 3.8) is 0 Å². The number of rotatable bonds is 5. The molecule has 0 aliphatic carbocycles. The highest BCUT2D eigenvalue weighted by atomic mass is 35.5. The molecule has 0 spiro atoms. The molecule has 27 heavy (non-hydrogen) atoms. The predicted octanol–water partition coefficient (Wildman–Crippen LogP) is 3.89. The summed E-state index contributed by atoms with van der Waals surface area (Å²) in [6.45, 7) is 3.83. The number of carbonyl (C=O) groups is 1. The number of amides is 1. The second-order valence-corrected chi connectivity index (χ2v) is 6.75. The van der Waals surface area contributed by atoms with Gasteiger partial charge in [0.1, 0.15) is 5.69 Å². The van der Waals surface area contributed by atoms with E-state index >= 15 is 0 Å². The van der Waals surface area contributed by atoms with Crippen LogP contribution in [0.5, 0.6) is 0 Å². The number of nitrogens with one attached hydrogen (secondary N) is 1. The van der Waals surface area contributed by atoms with E-state index in [9.17, 15) is 14.9 Å². The Morgan fingerprint density at radius 3 is 2.52 bits per heavy atom. The first-order valence-electron chi connectivity index (χ1n) is 8.63. The standard InChI is InChI=1S/C19H20ClN3O4/c1-13(14-2-5-16(20)6-3-14)21-17-7-4-15(12-18(17)23(25)26)19(24)22-8-10-27-11-9-22/h2-7,12-13,21H,8-11H2,1H3. The van der Waals surface area contributed by atoms with E-state index in [1.807, 2.05) is 19.1 Å². The van der Waals surface area contributed by atoms with E-state index in [-0.39, 0.29) is 17.6 Å². The van der Waals surface area contributed by atoms with Crippen molar-refractivity contribution in [2.75, 3.05) is 31.6 Å². The van der Waals surface area contributed by atoms with Gasteiger partial charge >= 0.3 is 0 Å². The Bertz CT molecular complexity index is 835. The van der Waals surface area contributed by atoms with Gasteiger partial charge in [-0.2, -0.15) is 0 Å².